The molecule has 0 aromatic rings. The van der Waals surface area contributed by atoms with Gasteiger partial charge in [-0.2, -0.15) is 0 Å². The molecule has 0 aliphatic carbocycles. The molecular weight excluding hydrogens is 285 g/mol. The number of rotatable bonds is 0. The van der Waals surface area contributed by atoms with Crippen molar-refractivity contribution in [2.24, 2.45) is 0 Å². The fourth-order valence-electron chi connectivity index (χ4n) is 0. The Hall–Kier alpha value is 6.65. The van der Waals surface area contributed by atoms with Crippen molar-refractivity contribution in [3.63, 3.8) is 0 Å². The molecule has 0 nitrogen and oxygen atoms in total. The van der Waals surface area contributed by atoms with Gasteiger partial charge in [0.05, 0.1) is 0 Å². The summed E-state index contributed by atoms with van der Waals surface area (Å²) >= 11 is 4.44. The van der Waals surface area contributed by atoms with Crippen molar-refractivity contribution in [2.75, 3.05) is 0 Å². The summed E-state index contributed by atoms with van der Waals surface area (Å²) in [6, 6.07) is 0. The molecule has 0 saturated heterocycles. The summed E-state index contributed by atoms with van der Waals surface area (Å²) in [6.45, 7) is 0. The van der Waals surface area contributed by atoms with Crippen molar-refractivity contribution in [1.82, 2.24) is 0 Å². The molecule has 0 rings (SSSR count). The molecule has 0 aliphatic heterocycles. The fraction of sp³-hybridized carbons (Fsp3) is 0. The van der Waals surface area contributed by atoms with Gasteiger partial charge in [-0.15, -0.1) is 0 Å². The zero-order chi connectivity index (χ0) is 2.00. The Labute approximate surface area is 196 Å². The molecule has 0 N–H and O–H groups in total. The summed E-state index contributed by atoms with van der Waals surface area (Å²) < 4.78 is 0. The number of hydrogen-bond acceptors (Lipinski definition) is 0. The van der Waals surface area contributed by atoms with Crippen LogP contribution in [-0.2, 0) is 35.8 Å². The first kappa shape index (κ1) is 46.7. The molecule has 0 bridgehead atoms. The molecule has 37 valence electrons. The maximum absolute atomic E-state index is 3.39. The van der Waals surface area contributed by atoms with Crippen LogP contribution in [0.3, 0.4) is 0 Å². The zero-order valence-electron chi connectivity index (χ0n) is 1.85. The summed E-state index contributed by atoms with van der Waals surface area (Å²) in [5, 5.41) is 0. The van der Waals surface area contributed by atoms with Gasteiger partial charge in [-0.1, -0.05) is 0 Å². The van der Waals surface area contributed by atoms with E-state index >= 15 is 0 Å². The minimum atomic E-state index is 0. The summed E-state index contributed by atoms with van der Waals surface area (Å²) in [7, 11) is 0. The standard InChI is InChI=1S/Al.Ca.Fe.K.Mg.Na.H4Si.Ti.8H/h;;;;;;1H4;;;;;;;;;. The van der Waals surface area contributed by atoms with E-state index in [2.05, 4.69) is 14.1 Å². The monoisotopic (exact) mass is 297 g/mol. The molecule has 0 heterocycles. The minimum absolute atomic E-state index is 0. The van der Waals surface area contributed by atoms with Gasteiger partial charge in [0.25, 0.3) is 0 Å². The van der Waals surface area contributed by atoms with Crippen molar-refractivity contribution in [3.8, 4) is 0 Å². The first-order valence-corrected chi connectivity index (χ1v) is 4.37. The van der Waals surface area contributed by atoms with Crippen LogP contribution in [-0.4, -0.2) is 167 Å². The van der Waals surface area contributed by atoms with Gasteiger partial charge in [-0.25, -0.2) is 0 Å². The van der Waals surface area contributed by atoms with Gasteiger partial charge in [0, 0.05) is 21.7 Å². The van der Waals surface area contributed by atoms with Crippen LogP contribution in [0.25, 0.3) is 0 Å². The summed E-state index contributed by atoms with van der Waals surface area (Å²) in [4.78, 5) is 0. The van der Waals surface area contributed by atoms with Crippen LogP contribution in [0.1, 0.15) is 0 Å². The maximum Gasteiger partial charge on any atom is 0 e. The van der Waals surface area contributed by atoms with E-state index in [0.717, 1.165) is 14.4 Å². The van der Waals surface area contributed by atoms with Crippen LogP contribution >= 0.6 is 0 Å². The second kappa shape index (κ2) is 49.4. The molecule has 0 fully saturated rings. The Morgan fingerprint density at radius 3 is 1.12 bits per heavy atom. The van der Waals surface area contributed by atoms with Crippen molar-refractivity contribution < 1.29 is 35.8 Å². The van der Waals surface area contributed by atoms with Crippen LogP contribution in [0, 0.1) is 0 Å². The molecule has 0 unspecified atom stereocenters. The largest absolute Gasteiger partial charge is 0.0149 e. The van der Waals surface area contributed by atoms with E-state index in [-0.39, 0.29) is 174 Å². The summed E-state index contributed by atoms with van der Waals surface area (Å²) in [5.74, 6) is 0. The third kappa shape index (κ3) is 38.8. The minimum Gasteiger partial charge on any atom is -0.0149 e. The summed E-state index contributed by atoms with van der Waals surface area (Å²) in [5.41, 5.74) is 0. The molecule has 0 aliphatic rings. The average Bonchev–Trinajstić information content (AvgIpc) is 1.00. The molecule has 0 radical (unpaired) electrons. The van der Waals surface area contributed by atoms with Crippen molar-refractivity contribution >= 4 is 167 Å². The molecule has 0 atom stereocenters. The molecule has 0 spiro atoms. The van der Waals surface area contributed by atoms with Gasteiger partial charge in [-0.05, 0) is 11.0 Å². The van der Waals surface area contributed by atoms with E-state index in [1.54, 1.807) is 0 Å². The second-order valence-corrected chi connectivity index (χ2v) is 0. The van der Waals surface area contributed by atoms with Gasteiger partial charge in [0.15, 0.2) is 0 Å². The first-order chi connectivity index (χ1) is 1.00. The Morgan fingerprint density at radius 1 is 1.12 bits per heavy atom. The van der Waals surface area contributed by atoms with Gasteiger partial charge in [0.1, 0.15) is 0 Å². The van der Waals surface area contributed by atoms with E-state index in [1.807, 2.05) is 0 Å². The van der Waals surface area contributed by atoms with Crippen LogP contribution in [0.15, 0.2) is 0 Å². The van der Waals surface area contributed by atoms with Crippen LogP contribution in [0.2, 0.25) is 0 Å². The Kier molecular flexibility index (Phi) is 288. The molecule has 0 aromatic carbocycles. The van der Waals surface area contributed by atoms with Gasteiger partial charge in [-0.3, -0.25) is 0 Å². The number of hydrogen-bond donors (Lipinski definition) is 0. The van der Waals surface area contributed by atoms with Crippen LogP contribution in [0.5, 0.6) is 0 Å². The zero-order valence-corrected chi connectivity index (χ0v) is 6.52. The Balaban J connectivity index is -0.000000000333. The smallest absolute Gasteiger partial charge is 0 e. The topological polar surface area (TPSA) is 0 Å². The third-order valence-electron chi connectivity index (χ3n) is 0. The van der Waals surface area contributed by atoms with E-state index in [1.165, 1.54) is 0 Å². The van der Waals surface area contributed by atoms with E-state index < -0.39 is 0 Å². The Morgan fingerprint density at radius 2 is 1.12 bits per heavy atom. The van der Waals surface area contributed by atoms with Crippen molar-refractivity contribution in [3.05, 3.63) is 0 Å². The van der Waals surface area contributed by atoms with Gasteiger partial charge in [0.2, 0.25) is 0 Å². The van der Waals surface area contributed by atoms with Gasteiger partial charge < -0.3 is 0 Å². The molecule has 8 heteroatoms. The predicted octanol–water partition coefficient (Wildman–Crippen LogP) is -5.50. The molecule has 0 aromatic heterocycles. The first-order valence-electron chi connectivity index (χ1n) is 0.354. The van der Waals surface area contributed by atoms with Crippen molar-refractivity contribution in [1.29, 1.82) is 0 Å². The van der Waals surface area contributed by atoms with Crippen molar-refractivity contribution in [2.45, 2.75) is 0 Å². The van der Waals surface area contributed by atoms with E-state index in [4.69, 9.17) is 0 Å². The second-order valence-electron chi connectivity index (χ2n) is 0. The van der Waals surface area contributed by atoms with E-state index in [0.29, 0.717) is 0 Å². The average molecular weight is 297 g/mol. The third-order valence-corrected chi connectivity index (χ3v) is 0. The predicted molar refractivity (Wildman–Crippen MR) is 51.3 cm³/mol. The maximum atomic E-state index is 3.39. The normalized spacial score (nSPS) is 0.625. The van der Waals surface area contributed by atoms with Crippen LogP contribution < -0.4 is 0 Å². The molecular formula is H12AlCaFeKMgNaSiTi. The van der Waals surface area contributed by atoms with Gasteiger partial charge >= 0.3 is 170 Å². The SMILES string of the molecule is [AlH2][Fe].[CaH2].[KH].[MgH2].[NaH].[SiH4].[Ti]. The molecule has 8 heavy (non-hydrogen) atoms. The quantitative estimate of drug-likeness (QED) is 0.392. The molecule has 0 amide bonds. The molecule has 0 saturated carbocycles. The summed E-state index contributed by atoms with van der Waals surface area (Å²) in [6.07, 6.45) is 0. The van der Waals surface area contributed by atoms with Crippen LogP contribution in [0.4, 0.5) is 0 Å². The Bertz CT molecular complexity index is 24.0. The van der Waals surface area contributed by atoms with E-state index in [9.17, 15) is 0 Å². The fourth-order valence-corrected chi connectivity index (χ4v) is 0.